The highest BCUT2D eigenvalue weighted by Gasteiger charge is 2.12. The molecule has 0 spiro atoms. The Morgan fingerprint density at radius 2 is 1.94 bits per heavy atom. The third kappa shape index (κ3) is 2.68. The van der Waals surface area contributed by atoms with Crippen LogP contribution in [0.1, 0.15) is 12.8 Å². The average Bonchev–Trinajstić information content (AvgIpc) is 2.40. The molecule has 0 amide bonds. The van der Waals surface area contributed by atoms with E-state index in [9.17, 15) is 0 Å². The minimum Gasteiger partial charge on any atom is -0.381 e. The molecule has 1 aliphatic rings. The van der Waals surface area contributed by atoms with Gasteiger partial charge in [-0.1, -0.05) is 28.1 Å². The van der Waals surface area contributed by atoms with E-state index >= 15 is 0 Å². The Balaban J connectivity index is 1.82. The maximum Gasteiger partial charge on any atom is 0.0386 e. The Morgan fingerprint density at radius 3 is 2.78 bits per heavy atom. The highest BCUT2D eigenvalue weighted by molar-refractivity contribution is 9.10. The zero-order valence-corrected chi connectivity index (χ0v) is 11.8. The zero-order valence-electron chi connectivity index (χ0n) is 10.2. The first-order valence-electron chi connectivity index (χ1n) is 6.48. The third-order valence-corrected chi connectivity index (χ3v) is 3.96. The Hall–Kier alpha value is -1.06. The van der Waals surface area contributed by atoms with Crippen molar-refractivity contribution in [2.45, 2.75) is 18.9 Å². The lowest BCUT2D eigenvalue weighted by atomic mass is 10.1. The molecule has 1 heterocycles. The third-order valence-electron chi connectivity index (χ3n) is 3.47. The minimum absolute atomic E-state index is 0.562. The molecule has 18 heavy (non-hydrogen) atoms. The number of piperidine rings is 1. The number of halogens is 1. The minimum atomic E-state index is 0.562. The summed E-state index contributed by atoms with van der Waals surface area (Å²) >= 11 is 3.51. The Labute approximate surface area is 116 Å². The van der Waals surface area contributed by atoms with Crippen LogP contribution in [0.2, 0.25) is 0 Å². The second-order valence-corrected chi connectivity index (χ2v) is 5.81. The molecule has 0 bridgehead atoms. The normalized spacial score (nSPS) is 19.9. The molecule has 3 rings (SSSR count). The van der Waals surface area contributed by atoms with Crippen molar-refractivity contribution in [1.82, 2.24) is 5.32 Å². The molecule has 2 aromatic rings. The van der Waals surface area contributed by atoms with Gasteiger partial charge in [0.2, 0.25) is 0 Å². The summed E-state index contributed by atoms with van der Waals surface area (Å²) in [4.78, 5) is 0. The summed E-state index contributed by atoms with van der Waals surface area (Å²) in [5.74, 6) is 0. The quantitative estimate of drug-likeness (QED) is 0.882. The van der Waals surface area contributed by atoms with E-state index in [2.05, 4.69) is 63.0 Å². The fraction of sp³-hybridized carbons (Fsp3) is 0.333. The molecule has 2 aromatic carbocycles. The molecular formula is C15H17BrN2. The Bertz CT molecular complexity index is 547. The maximum atomic E-state index is 3.61. The van der Waals surface area contributed by atoms with Crippen LogP contribution in [0.3, 0.4) is 0 Å². The van der Waals surface area contributed by atoms with E-state index in [0.29, 0.717) is 6.04 Å². The smallest absolute Gasteiger partial charge is 0.0386 e. The van der Waals surface area contributed by atoms with Crippen molar-refractivity contribution in [1.29, 1.82) is 0 Å². The van der Waals surface area contributed by atoms with Gasteiger partial charge in [-0.2, -0.15) is 0 Å². The molecule has 94 valence electrons. The molecular weight excluding hydrogens is 288 g/mol. The maximum absolute atomic E-state index is 3.61. The summed E-state index contributed by atoms with van der Waals surface area (Å²) in [5, 5.41) is 9.60. The second-order valence-electron chi connectivity index (χ2n) is 4.89. The van der Waals surface area contributed by atoms with Crippen molar-refractivity contribution < 1.29 is 0 Å². The first kappa shape index (κ1) is 12.0. The van der Waals surface area contributed by atoms with Crippen LogP contribution < -0.4 is 10.6 Å². The lowest BCUT2D eigenvalue weighted by Gasteiger charge is -2.25. The second kappa shape index (κ2) is 5.29. The van der Waals surface area contributed by atoms with Gasteiger partial charge >= 0.3 is 0 Å². The van der Waals surface area contributed by atoms with E-state index in [1.165, 1.54) is 29.3 Å². The van der Waals surface area contributed by atoms with Crippen LogP contribution in [-0.2, 0) is 0 Å². The zero-order chi connectivity index (χ0) is 12.4. The van der Waals surface area contributed by atoms with Crippen LogP contribution >= 0.6 is 15.9 Å². The standard InChI is InChI=1S/C15H17BrN2/c16-13-5-3-12-9-14(6-4-11(12)8-13)18-15-2-1-7-17-10-15/h3-6,8-9,15,17-18H,1-2,7,10H2. The summed E-state index contributed by atoms with van der Waals surface area (Å²) in [5.41, 5.74) is 1.22. The van der Waals surface area contributed by atoms with E-state index in [-0.39, 0.29) is 0 Å². The van der Waals surface area contributed by atoms with Crippen molar-refractivity contribution in [3.8, 4) is 0 Å². The highest BCUT2D eigenvalue weighted by atomic mass is 79.9. The van der Waals surface area contributed by atoms with Gasteiger partial charge in [0.25, 0.3) is 0 Å². The van der Waals surface area contributed by atoms with Gasteiger partial charge < -0.3 is 10.6 Å². The number of anilines is 1. The molecule has 2 N–H and O–H groups in total. The van der Waals surface area contributed by atoms with Crippen molar-refractivity contribution in [2.75, 3.05) is 18.4 Å². The average molecular weight is 305 g/mol. The number of benzene rings is 2. The number of nitrogens with one attached hydrogen (secondary N) is 2. The Morgan fingerprint density at radius 1 is 1.11 bits per heavy atom. The molecule has 0 aromatic heterocycles. The van der Waals surface area contributed by atoms with E-state index in [1.807, 2.05) is 0 Å². The van der Waals surface area contributed by atoms with Gasteiger partial charge in [0.05, 0.1) is 0 Å². The fourth-order valence-electron chi connectivity index (χ4n) is 2.52. The van der Waals surface area contributed by atoms with Gasteiger partial charge in [0.1, 0.15) is 0 Å². The van der Waals surface area contributed by atoms with Gasteiger partial charge in [0, 0.05) is 22.7 Å². The number of hydrogen-bond donors (Lipinski definition) is 2. The van der Waals surface area contributed by atoms with Crippen LogP contribution in [-0.4, -0.2) is 19.1 Å². The van der Waals surface area contributed by atoms with Crippen molar-refractivity contribution >= 4 is 32.4 Å². The van der Waals surface area contributed by atoms with Gasteiger partial charge in [-0.3, -0.25) is 0 Å². The van der Waals surface area contributed by atoms with Gasteiger partial charge in [-0.05, 0) is 54.4 Å². The van der Waals surface area contributed by atoms with Crippen LogP contribution in [0.25, 0.3) is 10.8 Å². The van der Waals surface area contributed by atoms with Crippen LogP contribution in [0.15, 0.2) is 40.9 Å². The van der Waals surface area contributed by atoms with E-state index < -0.39 is 0 Å². The van der Waals surface area contributed by atoms with E-state index in [1.54, 1.807) is 0 Å². The summed E-state index contributed by atoms with van der Waals surface area (Å²) in [7, 11) is 0. The molecule has 0 radical (unpaired) electrons. The van der Waals surface area contributed by atoms with E-state index in [4.69, 9.17) is 0 Å². The monoisotopic (exact) mass is 304 g/mol. The molecule has 1 aliphatic heterocycles. The topological polar surface area (TPSA) is 24.1 Å². The number of fused-ring (bicyclic) bond motifs is 1. The van der Waals surface area contributed by atoms with Gasteiger partial charge in [-0.25, -0.2) is 0 Å². The summed E-state index contributed by atoms with van der Waals surface area (Å²) < 4.78 is 1.13. The molecule has 1 unspecified atom stereocenters. The fourth-order valence-corrected chi connectivity index (χ4v) is 2.90. The predicted octanol–water partition coefficient (Wildman–Crippen LogP) is 3.77. The Kier molecular flexibility index (Phi) is 3.52. The lowest BCUT2D eigenvalue weighted by molar-refractivity contribution is 0.480. The SMILES string of the molecule is Brc1ccc2cc(NC3CCCNC3)ccc2c1. The first-order valence-corrected chi connectivity index (χ1v) is 7.27. The number of rotatable bonds is 2. The molecule has 2 nitrogen and oxygen atoms in total. The summed E-state index contributed by atoms with van der Waals surface area (Å²) in [6, 6.07) is 13.5. The van der Waals surface area contributed by atoms with Crippen LogP contribution in [0.5, 0.6) is 0 Å². The van der Waals surface area contributed by atoms with Crippen molar-refractivity contribution in [3.63, 3.8) is 0 Å². The largest absolute Gasteiger partial charge is 0.381 e. The first-order chi connectivity index (χ1) is 8.81. The summed E-state index contributed by atoms with van der Waals surface area (Å²) in [6.07, 6.45) is 2.52. The van der Waals surface area contributed by atoms with Crippen molar-refractivity contribution in [2.24, 2.45) is 0 Å². The predicted molar refractivity (Wildman–Crippen MR) is 81.2 cm³/mol. The molecule has 1 fully saturated rings. The summed E-state index contributed by atoms with van der Waals surface area (Å²) in [6.45, 7) is 2.22. The molecule has 0 saturated carbocycles. The molecule has 3 heteroatoms. The van der Waals surface area contributed by atoms with Gasteiger partial charge in [-0.15, -0.1) is 0 Å². The van der Waals surface area contributed by atoms with E-state index in [0.717, 1.165) is 17.6 Å². The van der Waals surface area contributed by atoms with Crippen molar-refractivity contribution in [3.05, 3.63) is 40.9 Å². The van der Waals surface area contributed by atoms with Crippen LogP contribution in [0, 0.1) is 0 Å². The molecule has 0 aliphatic carbocycles. The molecule has 1 atom stereocenters. The lowest BCUT2D eigenvalue weighted by Crippen LogP contribution is -2.38. The highest BCUT2D eigenvalue weighted by Crippen LogP contribution is 2.23. The van der Waals surface area contributed by atoms with Crippen LogP contribution in [0.4, 0.5) is 5.69 Å². The molecule has 1 saturated heterocycles. The number of hydrogen-bond acceptors (Lipinski definition) is 2. The van der Waals surface area contributed by atoms with Gasteiger partial charge in [0.15, 0.2) is 0 Å².